The average molecular weight is 237 g/mol. The summed E-state index contributed by atoms with van der Waals surface area (Å²) in [5.41, 5.74) is 0.156. The molecule has 3 nitrogen and oxygen atoms in total. The fourth-order valence-corrected chi connectivity index (χ4v) is 2.38. The molecular weight excluding hydrogens is 221 g/mol. The number of hydrogen-bond donors (Lipinski definition) is 1. The standard InChI is InChI=1S/C13H16FNO2/c14-11-6-10(7-15-8-11)13(17)12(16)9-4-2-1-3-5-9/h6-9,12,16H,1-5H2. The third-order valence-corrected chi connectivity index (χ3v) is 3.35. The largest absolute Gasteiger partial charge is 0.385 e. The molecule has 0 aromatic carbocycles. The number of Topliss-reactive ketones (excluding diaryl/α,β-unsaturated/α-hetero) is 1. The van der Waals surface area contributed by atoms with Crippen LogP contribution >= 0.6 is 0 Å². The average Bonchev–Trinajstić information content (AvgIpc) is 2.38. The second kappa shape index (κ2) is 5.36. The Morgan fingerprint density at radius 1 is 1.35 bits per heavy atom. The summed E-state index contributed by atoms with van der Waals surface area (Å²) in [5.74, 6) is -0.949. The van der Waals surface area contributed by atoms with E-state index in [2.05, 4.69) is 4.98 Å². The number of aliphatic hydroxyl groups is 1. The van der Waals surface area contributed by atoms with E-state index in [4.69, 9.17) is 0 Å². The van der Waals surface area contributed by atoms with Gasteiger partial charge < -0.3 is 5.11 Å². The SMILES string of the molecule is O=C(c1cncc(F)c1)C(O)C1CCCCC1. The number of carbonyl (C=O) groups excluding carboxylic acids is 1. The molecule has 1 N–H and O–H groups in total. The van der Waals surface area contributed by atoms with Gasteiger partial charge in [-0.2, -0.15) is 0 Å². The van der Waals surface area contributed by atoms with Crippen LogP contribution in [0.15, 0.2) is 18.5 Å². The van der Waals surface area contributed by atoms with E-state index in [0.29, 0.717) is 0 Å². The van der Waals surface area contributed by atoms with E-state index in [1.807, 2.05) is 0 Å². The molecule has 0 radical (unpaired) electrons. The van der Waals surface area contributed by atoms with Crippen molar-refractivity contribution < 1.29 is 14.3 Å². The van der Waals surface area contributed by atoms with Crippen molar-refractivity contribution in [3.05, 3.63) is 29.8 Å². The van der Waals surface area contributed by atoms with Crippen molar-refractivity contribution in [3.63, 3.8) is 0 Å². The molecule has 1 aromatic rings. The van der Waals surface area contributed by atoms with Gasteiger partial charge in [-0.25, -0.2) is 4.39 Å². The van der Waals surface area contributed by atoms with Gasteiger partial charge >= 0.3 is 0 Å². The Hall–Kier alpha value is -1.29. The number of carbonyl (C=O) groups is 1. The third kappa shape index (κ3) is 2.88. The minimum atomic E-state index is -1.01. The van der Waals surface area contributed by atoms with E-state index in [0.717, 1.165) is 37.9 Å². The van der Waals surface area contributed by atoms with Crippen LogP contribution in [-0.4, -0.2) is 22.0 Å². The lowest BCUT2D eigenvalue weighted by Gasteiger charge is -2.25. The molecule has 0 saturated heterocycles. The van der Waals surface area contributed by atoms with Crippen LogP contribution in [0.1, 0.15) is 42.5 Å². The maximum atomic E-state index is 12.9. The summed E-state index contributed by atoms with van der Waals surface area (Å²) in [4.78, 5) is 15.6. The van der Waals surface area contributed by atoms with Crippen LogP contribution in [0.3, 0.4) is 0 Å². The number of hydrogen-bond acceptors (Lipinski definition) is 3. The quantitative estimate of drug-likeness (QED) is 0.821. The van der Waals surface area contributed by atoms with Crippen LogP contribution in [0, 0.1) is 11.7 Å². The number of ketones is 1. The number of nitrogens with zero attached hydrogens (tertiary/aromatic N) is 1. The molecule has 0 aliphatic heterocycles. The van der Waals surface area contributed by atoms with Gasteiger partial charge in [0.1, 0.15) is 11.9 Å². The molecule has 0 spiro atoms. The number of halogens is 1. The molecule has 17 heavy (non-hydrogen) atoms. The molecule has 1 fully saturated rings. The molecule has 1 atom stereocenters. The summed E-state index contributed by atoms with van der Waals surface area (Å²) in [6.07, 6.45) is 6.34. The molecule has 1 aliphatic carbocycles. The van der Waals surface area contributed by atoms with Gasteiger partial charge in [-0.1, -0.05) is 19.3 Å². The van der Waals surface area contributed by atoms with Gasteiger partial charge in [-0.15, -0.1) is 0 Å². The lowest BCUT2D eigenvalue weighted by molar-refractivity contribution is 0.0534. The Labute approximate surface area is 99.7 Å². The second-order valence-corrected chi connectivity index (χ2v) is 4.60. The van der Waals surface area contributed by atoms with Gasteiger partial charge in [0.2, 0.25) is 0 Å². The minimum Gasteiger partial charge on any atom is -0.385 e. The first-order chi connectivity index (χ1) is 8.18. The Balaban J connectivity index is 2.08. The van der Waals surface area contributed by atoms with Gasteiger partial charge in [-0.05, 0) is 24.8 Å². The molecule has 0 amide bonds. The normalized spacial score (nSPS) is 18.9. The van der Waals surface area contributed by atoms with Crippen LogP contribution < -0.4 is 0 Å². The van der Waals surface area contributed by atoms with Gasteiger partial charge in [0.15, 0.2) is 5.78 Å². The molecule has 1 aliphatic rings. The Bertz CT molecular complexity index is 402. The van der Waals surface area contributed by atoms with Crippen LogP contribution in [0.25, 0.3) is 0 Å². The summed E-state index contributed by atoms with van der Waals surface area (Å²) in [7, 11) is 0. The summed E-state index contributed by atoms with van der Waals surface area (Å²) >= 11 is 0. The van der Waals surface area contributed by atoms with Crippen molar-refractivity contribution in [2.45, 2.75) is 38.2 Å². The third-order valence-electron chi connectivity index (χ3n) is 3.35. The highest BCUT2D eigenvalue weighted by molar-refractivity contribution is 5.99. The van der Waals surface area contributed by atoms with Crippen LogP contribution in [0.4, 0.5) is 4.39 Å². The highest BCUT2D eigenvalue weighted by atomic mass is 19.1. The summed E-state index contributed by atoms with van der Waals surface area (Å²) < 4.78 is 12.9. The van der Waals surface area contributed by atoms with Crippen LogP contribution in [0.5, 0.6) is 0 Å². The fraction of sp³-hybridized carbons (Fsp3) is 0.538. The second-order valence-electron chi connectivity index (χ2n) is 4.60. The first kappa shape index (κ1) is 12.2. The fourth-order valence-electron chi connectivity index (χ4n) is 2.38. The predicted molar refractivity (Wildman–Crippen MR) is 61.1 cm³/mol. The molecule has 92 valence electrons. The van der Waals surface area contributed by atoms with Crippen LogP contribution in [0.2, 0.25) is 0 Å². The minimum absolute atomic E-state index is 0.0134. The summed E-state index contributed by atoms with van der Waals surface area (Å²) in [6, 6.07) is 1.13. The van der Waals surface area contributed by atoms with E-state index in [-0.39, 0.29) is 11.5 Å². The molecule has 0 bridgehead atoms. The highest BCUT2D eigenvalue weighted by Gasteiger charge is 2.28. The molecule has 4 heteroatoms. The van der Waals surface area contributed by atoms with Crippen molar-refractivity contribution >= 4 is 5.78 Å². The van der Waals surface area contributed by atoms with E-state index in [1.165, 1.54) is 12.6 Å². The first-order valence-electron chi connectivity index (χ1n) is 6.01. The monoisotopic (exact) mass is 237 g/mol. The zero-order valence-electron chi connectivity index (χ0n) is 9.60. The van der Waals surface area contributed by atoms with Crippen molar-refractivity contribution in [2.24, 2.45) is 5.92 Å². The number of rotatable bonds is 3. The Morgan fingerprint density at radius 3 is 2.71 bits per heavy atom. The zero-order valence-corrected chi connectivity index (χ0v) is 9.60. The predicted octanol–water partition coefficient (Wildman–Crippen LogP) is 2.34. The van der Waals surface area contributed by atoms with Gasteiger partial charge in [0, 0.05) is 11.8 Å². The Morgan fingerprint density at radius 2 is 2.06 bits per heavy atom. The molecule has 1 heterocycles. The molecular formula is C13H16FNO2. The molecule has 2 rings (SSSR count). The topological polar surface area (TPSA) is 50.2 Å². The number of pyridine rings is 1. The lowest BCUT2D eigenvalue weighted by Crippen LogP contribution is -2.31. The molecule has 1 saturated carbocycles. The Kier molecular flexibility index (Phi) is 3.84. The maximum Gasteiger partial charge on any atom is 0.193 e. The first-order valence-corrected chi connectivity index (χ1v) is 6.01. The van der Waals surface area contributed by atoms with E-state index >= 15 is 0 Å². The highest BCUT2D eigenvalue weighted by Crippen LogP contribution is 2.27. The van der Waals surface area contributed by atoms with E-state index < -0.39 is 17.7 Å². The van der Waals surface area contributed by atoms with Gasteiger partial charge in [0.05, 0.1) is 6.20 Å². The number of aliphatic hydroxyl groups excluding tert-OH is 1. The zero-order chi connectivity index (χ0) is 12.3. The molecule has 1 aromatic heterocycles. The molecule has 1 unspecified atom stereocenters. The van der Waals surface area contributed by atoms with Crippen molar-refractivity contribution in [1.29, 1.82) is 0 Å². The number of aromatic nitrogens is 1. The van der Waals surface area contributed by atoms with Gasteiger partial charge in [0.25, 0.3) is 0 Å². The van der Waals surface area contributed by atoms with E-state index in [1.54, 1.807) is 0 Å². The summed E-state index contributed by atoms with van der Waals surface area (Å²) in [5, 5.41) is 9.99. The van der Waals surface area contributed by atoms with Crippen molar-refractivity contribution in [2.75, 3.05) is 0 Å². The summed E-state index contributed by atoms with van der Waals surface area (Å²) in [6.45, 7) is 0. The maximum absolute atomic E-state index is 12.9. The van der Waals surface area contributed by atoms with E-state index in [9.17, 15) is 14.3 Å². The van der Waals surface area contributed by atoms with Crippen molar-refractivity contribution in [3.8, 4) is 0 Å². The van der Waals surface area contributed by atoms with Crippen LogP contribution in [-0.2, 0) is 0 Å². The van der Waals surface area contributed by atoms with Gasteiger partial charge in [-0.3, -0.25) is 9.78 Å². The smallest absolute Gasteiger partial charge is 0.193 e. The van der Waals surface area contributed by atoms with Crippen molar-refractivity contribution in [1.82, 2.24) is 4.98 Å². The lowest BCUT2D eigenvalue weighted by atomic mass is 9.83.